The van der Waals surface area contributed by atoms with E-state index in [0.717, 1.165) is 45.1 Å². The van der Waals surface area contributed by atoms with Crippen LogP contribution in [0.15, 0.2) is 28.4 Å². The first-order valence-corrected chi connectivity index (χ1v) is 9.95. The van der Waals surface area contributed by atoms with Crippen LogP contribution in [0.2, 0.25) is 0 Å². The minimum atomic E-state index is 0.509. The van der Waals surface area contributed by atoms with Gasteiger partial charge < -0.3 is 0 Å². The molecule has 2 rings (SSSR count). The van der Waals surface area contributed by atoms with Gasteiger partial charge in [-0.25, -0.2) is 0 Å². The summed E-state index contributed by atoms with van der Waals surface area (Å²) in [7, 11) is 0. The zero-order valence-corrected chi connectivity index (χ0v) is 18.4. The molecule has 0 bridgehead atoms. The van der Waals surface area contributed by atoms with Crippen LogP contribution in [-0.2, 0) is 12.3 Å². The number of benzene rings is 2. The van der Waals surface area contributed by atoms with Crippen LogP contribution in [0.1, 0.15) is 18.1 Å². The molecule has 19 heavy (non-hydrogen) atoms. The number of alkyl halides is 1. The highest BCUT2D eigenvalue weighted by atomic mass is 79.9. The third kappa shape index (κ3) is 2.85. The molecule has 0 atom stereocenters. The molecule has 0 nitrogen and oxygen atoms in total. The van der Waals surface area contributed by atoms with Crippen LogP contribution in [0.3, 0.4) is 0 Å². The lowest BCUT2D eigenvalue weighted by Gasteiger charge is -2.16. The molecule has 2 aromatic carbocycles. The number of hydrogen-bond donors (Lipinski definition) is 0. The van der Waals surface area contributed by atoms with Gasteiger partial charge in [0, 0.05) is 33.6 Å². The van der Waals surface area contributed by atoms with Crippen LogP contribution in [-0.4, -0.2) is 0 Å². The topological polar surface area (TPSA) is 0 Å². The number of halogens is 6. The smallest absolute Gasteiger partial charge is 0.0477 e. The SMILES string of the molecule is CCc1c(CCl)cc2c(Br)c(Br)c(Br)c(Br)c2c1Br. The molecule has 0 spiro atoms. The van der Waals surface area contributed by atoms with Crippen molar-refractivity contribution in [1.82, 2.24) is 0 Å². The van der Waals surface area contributed by atoms with Crippen molar-refractivity contribution < 1.29 is 0 Å². The van der Waals surface area contributed by atoms with Crippen molar-refractivity contribution in [3.05, 3.63) is 39.6 Å². The fourth-order valence-electron chi connectivity index (χ4n) is 2.05. The maximum Gasteiger partial charge on any atom is 0.0477 e. The molecule has 0 aliphatic heterocycles. The van der Waals surface area contributed by atoms with Gasteiger partial charge in [-0.15, -0.1) is 11.6 Å². The molecule has 0 unspecified atom stereocenters. The van der Waals surface area contributed by atoms with E-state index in [1.165, 1.54) is 5.56 Å². The number of fused-ring (bicyclic) bond motifs is 1. The van der Waals surface area contributed by atoms with Crippen molar-refractivity contribution in [3.63, 3.8) is 0 Å². The number of hydrogen-bond acceptors (Lipinski definition) is 0. The minimum absolute atomic E-state index is 0.509. The summed E-state index contributed by atoms with van der Waals surface area (Å²) in [6.07, 6.45) is 0.941. The molecule has 0 heterocycles. The fraction of sp³-hybridized carbons (Fsp3) is 0.231. The third-order valence-corrected chi connectivity index (χ3v) is 8.95. The summed E-state index contributed by atoms with van der Waals surface area (Å²) in [5.74, 6) is 0.509. The summed E-state index contributed by atoms with van der Waals surface area (Å²) in [4.78, 5) is 0. The lowest BCUT2D eigenvalue weighted by molar-refractivity contribution is 1.09. The van der Waals surface area contributed by atoms with Gasteiger partial charge in [-0.2, -0.15) is 0 Å². The van der Waals surface area contributed by atoms with Gasteiger partial charge in [0.05, 0.1) is 0 Å². The van der Waals surface area contributed by atoms with E-state index in [0.29, 0.717) is 5.88 Å². The Morgan fingerprint density at radius 1 is 0.895 bits per heavy atom. The van der Waals surface area contributed by atoms with E-state index in [9.17, 15) is 0 Å². The van der Waals surface area contributed by atoms with Crippen molar-refractivity contribution in [2.45, 2.75) is 19.2 Å². The largest absolute Gasteiger partial charge is 0.122 e. The minimum Gasteiger partial charge on any atom is -0.122 e. The van der Waals surface area contributed by atoms with Crippen LogP contribution in [0, 0.1) is 0 Å². The highest BCUT2D eigenvalue weighted by molar-refractivity contribution is 9.15. The van der Waals surface area contributed by atoms with Crippen molar-refractivity contribution >= 4 is 102 Å². The average molecular weight is 599 g/mol. The highest BCUT2D eigenvalue weighted by Gasteiger charge is 2.19. The van der Waals surface area contributed by atoms with Gasteiger partial charge >= 0.3 is 0 Å². The fourth-order valence-corrected chi connectivity index (χ4v) is 5.97. The van der Waals surface area contributed by atoms with Gasteiger partial charge in [-0.3, -0.25) is 0 Å². The lowest BCUT2D eigenvalue weighted by atomic mass is 10.00. The lowest BCUT2D eigenvalue weighted by Crippen LogP contribution is -1.95. The van der Waals surface area contributed by atoms with E-state index < -0.39 is 0 Å². The van der Waals surface area contributed by atoms with E-state index in [4.69, 9.17) is 11.6 Å². The zero-order chi connectivity index (χ0) is 14.3. The Morgan fingerprint density at radius 2 is 1.47 bits per heavy atom. The molecule has 0 saturated carbocycles. The normalized spacial score (nSPS) is 11.3. The molecule has 6 heteroatoms. The molecule has 102 valence electrons. The van der Waals surface area contributed by atoms with Crippen molar-refractivity contribution in [1.29, 1.82) is 0 Å². The van der Waals surface area contributed by atoms with Crippen LogP contribution in [0.25, 0.3) is 10.8 Å². The third-order valence-electron chi connectivity index (χ3n) is 2.99. The summed E-state index contributed by atoms with van der Waals surface area (Å²) >= 11 is 24.3. The van der Waals surface area contributed by atoms with E-state index >= 15 is 0 Å². The molecule has 0 radical (unpaired) electrons. The monoisotopic (exact) mass is 594 g/mol. The molecule has 0 aromatic heterocycles. The van der Waals surface area contributed by atoms with E-state index in [-0.39, 0.29) is 0 Å². The molecular formula is C13H8Br5Cl. The molecule has 0 N–H and O–H groups in total. The molecule has 0 fully saturated rings. The average Bonchev–Trinajstić information content (AvgIpc) is 2.41. The molecule has 0 aliphatic carbocycles. The Bertz CT molecular complexity index is 666. The van der Waals surface area contributed by atoms with Crippen molar-refractivity contribution in [2.75, 3.05) is 0 Å². The Balaban J connectivity index is 3.05. The summed E-state index contributed by atoms with van der Waals surface area (Å²) in [5, 5.41) is 2.27. The second kappa shape index (κ2) is 6.66. The quantitative estimate of drug-likeness (QED) is 0.187. The summed E-state index contributed by atoms with van der Waals surface area (Å²) in [6.45, 7) is 2.14. The van der Waals surface area contributed by atoms with Crippen LogP contribution >= 0.6 is 91.3 Å². The van der Waals surface area contributed by atoms with Gasteiger partial charge in [0.2, 0.25) is 0 Å². The predicted octanol–water partition coefficient (Wildman–Crippen LogP) is 7.95. The Kier molecular flexibility index (Phi) is 5.87. The first-order valence-electron chi connectivity index (χ1n) is 5.45. The second-order valence-corrected chi connectivity index (χ2v) is 8.23. The maximum absolute atomic E-state index is 6.08. The molecule has 0 saturated heterocycles. The first kappa shape index (κ1) is 16.8. The molecular weight excluding hydrogens is 591 g/mol. The zero-order valence-electron chi connectivity index (χ0n) is 9.76. The van der Waals surface area contributed by atoms with Gasteiger partial charge in [0.1, 0.15) is 0 Å². The highest BCUT2D eigenvalue weighted by Crippen LogP contribution is 2.47. The van der Waals surface area contributed by atoms with Crippen LogP contribution in [0.4, 0.5) is 0 Å². The maximum atomic E-state index is 6.08. The van der Waals surface area contributed by atoms with Crippen LogP contribution in [0.5, 0.6) is 0 Å². The van der Waals surface area contributed by atoms with Gasteiger partial charge in [0.15, 0.2) is 0 Å². The van der Waals surface area contributed by atoms with Gasteiger partial charge in [-0.05, 0) is 109 Å². The predicted molar refractivity (Wildman–Crippen MR) is 101 cm³/mol. The van der Waals surface area contributed by atoms with E-state index in [1.807, 2.05) is 0 Å². The van der Waals surface area contributed by atoms with Gasteiger partial charge in [0.25, 0.3) is 0 Å². The Labute approximate surface area is 159 Å². The van der Waals surface area contributed by atoms with Crippen molar-refractivity contribution in [2.24, 2.45) is 0 Å². The summed E-state index contributed by atoms with van der Waals surface area (Å²) < 4.78 is 5.13. The summed E-state index contributed by atoms with van der Waals surface area (Å²) in [5.41, 5.74) is 2.41. The van der Waals surface area contributed by atoms with Gasteiger partial charge in [-0.1, -0.05) is 6.92 Å². The van der Waals surface area contributed by atoms with E-state index in [2.05, 4.69) is 92.6 Å². The second-order valence-electron chi connectivity index (χ2n) is 3.99. The molecule has 0 amide bonds. The summed E-state index contributed by atoms with van der Waals surface area (Å²) in [6, 6.07) is 2.15. The van der Waals surface area contributed by atoms with Crippen molar-refractivity contribution in [3.8, 4) is 0 Å². The Morgan fingerprint density at radius 3 is 2.00 bits per heavy atom. The Hall–Kier alpha value is 1.39. The number of rotatable bonds is 2. The molecule has 2 aromatic rings. The van der Waals surface area contributed by atoms with E-state index in [1.54, 1.807) is 0 Å². The standard InChI is InChI=1S/C13H8Br5Cl/c1-2-6-5(4-19)3-7-8(9(6)14)11(16)13(18)12(17)10(7)15/h3H,2,4H2,1H3. The molecule has 0 aliphatic rings. The van der Waals surface area contributed by atoms with Crippen LogP contribution < -0.4 is 0 Å². The first-order chi connectivity index (χ1) is 8.93.